The van der Waals surface area contributed by atoms with Crippen molar-refractivity contribution in [1.29, 1.82) is 0 Å². The Morgan fingerprint density at radius 3 is 2.47 bits per heavy atom. The van der Waals surface area contributed by atoms with E-state index in [4.69, 9.17) is 5.10 Å². The number of amides is 1. The first-order valence-corrected chi connectivity index (χ1v) is 11.2. The van der Waals surface area contributed by atoms with Crippen molar-refractivity contribution in [2.75, 3.05) is 6.54 Å². The molecule has 2 aromatic carbocycles. The maximum Gasteiger partial charge on any atom is 0.251 e. The van der Waals surface area contributed by atoms with Gasteiger partial charge >= 0.3 is 0 Å². The topological polar surface area (TPSA) is 92.9 Å². The number of phenols is 1. The molecule has 9 heteroatoms. The number of nitrogens with zero attached hydrogens (tertiary/aromatic N) is 4. The van der Waals surface area contributed by atoms with Gasteiger partial charge in [0.05, 0.1) is 11.6 Å². The smallest absolute Gasteiger partial charge is 0.251 e. The van der Waals surface area contributed by atoms with Crippen molar-refractivity contribution in [1.82, 2.24) is 25.1 Å². The first-order valence-electron chi connectivity index (χ1n) is 11.2. The fourth-order valence-corrected chi connectivity index (χ4v) is 4.47. The molecule has 1 aliphatic carbocycles. The van der Waals surface area contributed by atoms with Crippen molar-refractivity contribution in [3.8, 4) is 17.1 Å². The van der Waals surface area contributed by atoms with Crippen LogP contribution in [0.5, 0.6) is 5.75 Å². The minimum absolute atomic E-state index is 0.148. The molecule has 0 atom stereocenters. The van der Waals surface area contributed by atoms with Crippen molar-refractivity contribution in [2.24, 2.45) is 5.92 Å². The Morgan fingerprint density at radius 2 is 1.76 bits per heavy atom. The molecule has 0 radical (unpaired) electrons. The van der Waals surface area contributed by atoms with E-state index in [2.05, 4.69) is 21.5 Å². The Balaban J connectivity index is 1.18. The molecule has 174 valence electrons. The minimum atomic E-state index is -1.15. The Morgan fingerprint density at radius 1 is 1.06 bits per heavy atom. The zero-order chi connectivity index (χ0) is 23.7. The first-order chi connectivity index (χ1) is 16.5. The largest absolute Gasteiger partial charge is 0.503 e. The number of aromatic nitrogens is 4. The average Bonchev–Trinajstić information content (AvgIpc) is 3.30. The molecule has 0 bridgehead atoms. The molecule has 1 amide bonds. The van der Waals surface area contributed by atoms with Crippen LogP contribution in [0.2, 0.25) is 0 Å². The Bertz CT molecular complexity index is 1310. The van der Waals surface area contributed by atoms with Gasteiger partial charge in [0.2, 0.25) is 0 Å². The Labute approximate surface area is 194 Å². The number of fused-ring (bicyclic) bond motifs is 1. The van der Waals surface area contributed by atoms with Crippen LogP contribution < -0.4 is 5.32 Å². The molecule has 0 aliphatic heterocycles. The highest BCUT2D eigenvalue weighted by atomic mass is 19.1. The highest BCUT2D eigenvalue weighted by molar-refractivity contribution is 5.94. The zero-order valence-electron chi connectivity index (χ0n) is 18.3. The van der Waals surface area contributed by atoms with E-state index in [1.807, 2.05) is 22.9 Å². The van der Waals surface area contributed by atoms with E-state index < -0.39 is 23.3 Å². The van der Waals surface area contributed by atoms with Gasteiger partial charge in [-0.3, -0.25) is 9.48 Å². The lowest BCUT2D eigenvalue weighted by Crippen LogP contribution is -2.31. The maximum absolute atomic E-state index is 13.5. The SMILES string of the molecule is O=C(NC[C@H]1CC[C@H](n2cc3cc(-c4ncccn4)ccc3n2)CC1)c1cc(F)c(O)c(F)c1. The number of rotatable bonds is 5. The van der Waals surface area contributed by atoms with Crippen LogP contribution in [0, 0.1) is 17.6 Å². The number of nitrogens with one attached hydrogen (secondary N) is 1. The molecule has 0 saturated heterocycles. The monoisotopic (exact) mass is 463 g/mol. The van der Waals surface area contributed by atoms with Gasteiger partial charge in [-0.2, -0.15) is 5.10 Å². The van der Waals surface area contributed by atoms with Crippen LogP contribution in [-0.2, 0) is 0 Å². The third-order valence-corrected chi connectivity index (χ3v) is 6.37. The highest BCUT2D eigenvalue weighted by Gasteiger charge is 2.24. The summed E-state index contributed by atoms with van der Waals surface area (Å²) in [4.78, 5) is 20.9. The summed E-state index contributed by atoms with van der Waals surface area (Å²) in [5.41, 5.74) is 1.72. The van der Waals surface area contributed by atoms with Crippen molar-refractivity contribution in [3.05, 3.63) is 72.2 Å². The van der Waals surface area contributed by atoms with Crippen LogP contribution in [0.15, 0.2) is 55.0 Å². The molecule has 5 rings (SSSR count). The van der Waals surface area contributed by atoms with Crippen LogP contribution in [0.3, 0.4) is 0 Å². The highest BCUT2D eigenvalue weighted by Crippen LogP contribution is 2.33. The quantitative estimate of drug-likeness (QED) is 0.450. The molecule has 7 nitrogen and oxygen atoms in total. The van der Waals surface area contributed by atoms with E-state index in [1.165, 1.54) is 0 Å². The summed E-state index contributed by atoms with van der Waals surface area (Å²) in [7, 11) is 0. The van der Waals surface area contributed by atoms with Gasteiger partial charge < -0.3 is 10.4 Å². The minimum Gasteiger partial charge on any atom is -0.503 e. The molecular formula is C25H23F2N5O2. The molecule has 4 aromatic rings. The van der Waals surface area contributed by atoms with E-state index in [1.54, 1.807) is 18.5 Å². The summed E-state index contributed by atoms with van der Waals surface area (Å²) in [5.74, 6) is -2.99. The van der Waals surface area contributed by atoms with Crippen LogP contribution in [0.4, 0.5) is 8.78 Å². The molecule has 1 aliphatic rings. The Hall–Kier alpha value is -3.88. The van der Waals surface area contributed by atoms with Crippen LogP contribution >= 0.6 is 0 Å². The normalized spacial score (nSPS) is 18.2. The second-order valence-corrected chi connectivity index (χ2v) is 8.63. The fraction of sp³-hybridized carbons (Fsp3) is 0.280. The van der Waals surface area contributed by atoms with Gasteiger partial charge in [-0.25, -0.2) is 18.7 Å². The van der Waals surface area contributed by atoms with E-state index in [0.717, 1.165) is 54.3 Å². The third-order valence-electron chi connectivity index (χ3n) is 6.37. The van der Waals surface area contributed by atoms with Crippen LogP contribution in [0.25, 0.3) is 22.3 Å². The van der Waals surface area contributed by atoms with Crippen molar-refractivity contribution >= 4 is 16.8 Å². The summed E-state index contributed by atoms with van der Waals surface area (Å²) in [6, 6.07) is 9.73. The predicted octanol–water partition coefficient (Wildman–Crippen LogP) is 4.64. The van der Waals surface area contributed by atoms with Crippen molar-refractivity contribution < 1.29 is 18.7 Å². The van der Waals surface area contributed by atoms with E-state index >= 15 is 0 Å². The number of benzene rings is 2. The molecule has 2 heterocycles. The van der Waals surface area contributed by atoms with Crippen molar-refractivity contribution in [3.63, 3.8) is 0 Å². The first kappa shape index (κ1) is 21.9. The van der Waals surface area contributed by atoms with Gasteiger partial charge in [0, 0.05) is 41.6 Å². The second-order valence-electron chi connectivity index (χ2n) is 8.63. The lowest BCUT2D eigenvalue weighted by molar-refractivity contribution is 0.0940. The second kappa shape index (κ2) is 9.17. The van der Waals surface area contributed by atoms with Crippen LogP contribution in [0.1, 0.15) is 42.1 Å². The van der Waals surface area contributed by atoms with Gasteiger partial charge in [-0.1, -0.05) is 0 Å². The standard InChI is InChI=1S/C25H23F2N5O2/c26-20-11-17(12-21(27)23(20)33)25(34)30-13-15-2-5-19(6-3-15)32-14-18-10-16(4-7-22(18)31-32)24-28-8-1-9-29-24/h1,4,7-12,14-15,19,33H,2-3,5-6,13H2,(H,30,34)/t15-,19-. The van der Waals surface area contributed by atoms with Gasteiger partial charge in [-0.15, -0.1) is 0 Å². The molecule has 34 heavy (non-hydrogen) atoms. The summed E-state index contributed by atoms with van der Waals surface area (Å²) in [5, 5.41) is 17.7. The predicted molar refractivity (Wildman–Crippen MR) is 122 cm³/mol. The third kappa shape index (κ3) is 4.46. The summed E-state index contributed by atoms with van der Waals surface area (Å²) >= 11 is 0. The fourth-order valence-electron chi connectivity index (χ4n) is 4.47. The lowest BCUT2D eigenvalue weighted by Gasteiger charge is -2.28. The van der Waals surface area contributed by atoms with Crippen LogP contribution in [-0.4, -0.2) is 37.3 Å². The van der Waals surface area contributed by atoms with E-state index in [-0.39, 0.29) is 17.5 Å². The number of hydrogen-bond donors (Lipinski definition) is 2. The number of phenolic OH excluding ortho intramolecular Hbond substituents is 1. The number of halogens is 2. The van der Waals surface area contributed by atoms with Gasteiger partial charge in [0.15, 0.2) is 23.2 Å². The number of hydrogen-bond acceptors (Lipinski definition) is 5. The maximum atomic E-state index is 13.5. The van der Waals surface area contributed by atoms with Gasteiger partial charge in [-0.05, 0) is 68.0 Å². The number of carbonyl (C=O) groups is 1. The zero-order valence-corrected chi connectivity index (χ0v) is 18.3. The molecule has 2 aromatic heterocycles. The molecular weight excluding hydrogens is 440 g/mol. The molecule has 2 N–H and O–H groups in total. The van der Waals surface area contributed by atoms with E-state index in [0.29, 0.717) is 12.4 Å². The molecule has 1 saturated carbocycles. The lowest BCUT2D eigenvalue weighted by atomic mass is 9.86. The van der Waals surface area contributed by atoms with Gasteiger partial charge in [0.25, 0.3) is 5.91 Å². The Kier molecular flexibility index (Phi) is 5.91. The molecule has 0 spiro atoms. The van der Waals surface area contributed by atoms with E-state index in [9.17, 15) is 18.7 Å². The number of aromatic hydroxyl groups is 1. The van der Waals surface area contributed by atoms with Gasteiger partial charge in [0.1, 0.15) is 0 Å². The van der Waals surface area contributed by atoms with Crippen molar-refractivity contribution in [2.45, 2.75) is 31.7 Å². The summed E-state index contributed by atoms with van der Waals surface area (Å²) in [6.07, 6.45) is 9.15. The number of carbonyl (C=O) groups excluding carboxylic acids is 1. The summed E-state index contributed by atoms with van der Waals surface area (Å²) < 4.78 is 29.0. The summed E-state index contributed by atoms with van der Waals surface area (Å²) in [6.45, 7) is 0.428. The average molecular weight is 463 g/mol. The molecule has 0 unspecified atom stereocenters. The molecule has 1 fully saturated rings.